The van der Waals surface area contributed by atoms with Crippen LogP contribution >= 0.6 is 0 Å². The highest BCUT2D eigenvalue weighted by molar-refractivity contribution is 5.79. The second kappa shape index (κ2) is 8.02. The average Bonchev–Trinajstić information content (AvgIpc) is 3.11. The summed E-state index contributed by atoms with van der Waals surface area (Å²) in [5.74, 6) is -0.651. The van der Waals surface area contributed by atoms with E-state index in [2.05, 4.69) is 0 Å². The maximum absolute atomic E-state index is 13.5. The molecule has 0 N–H and O–H groups in total. The molecule has 0 spiro atoms. The Bertz CT molecular complexity index is 1150. The monoisotopic (exact) mass is 410 g/mol. The van der Waals surface area contributed by atoms with Crippen LogP contribution in [0.1, 0.15) is 28.4 Å². The fraction of sp³-hybridized carbons (Fsp3) is 0.217. The Kier molecular flexibility index (Phi) is 5.27. The van der Waals surface area contributed by atoms with Crippen molar-refractivity contribution in [1.29, 1.82) is 0 Å². The number of halogens is 1. The maximum Gasteiger partial charge on any atom is 0.348 e. The van der Waals surface area contributed by atoms with Crippen LogP contribution < -0.4 is 15.1 Å². The molecule has 4 rings (SSSR count). The first kappa shape index (κ1) is 19.7. The lowest BCUT2D eigenvalue weighted by Gasteiger charge is -2.20. The maximum atomic E-state index is 13.5. The highest BCUT2D eigenvalue weighted by atomic mass is 19.1. The van der Waals surface area contributed by atoms with Gasteiger partial charge in [-0.15, -0.1) is 0 Å². The molecule has 6 nitrogen and oxygen atoms in total. The van der Waals surface area contributed by atoms with Crippen LogP contribution in [0.3, 0.4) is 0 Å². The number of aryl methyl sites for hydroxylation is 1. The van der Waals surface area contributed by atoms with Crippen LogP contribution in [0.2, 0.25) is 0 Å². The zero-order chi connectivity index (χ0) is 21.3. The number of hydrogen-bond acceptors (Lipinski definition) is 6. The third-order valence-electron chi connectivity index (χ3n) is 4.91. The van der Waals surface area contributed by atoms with Crippen LogP contribution in [0.25, 0.3) is 0 Å². The second-order valence-corrected chi connectivity index (χ2v) is 6.92. The van der Waals surface area contributed by atoms with Gasteiger partial charge in [0.25, 0.3) is 0 Å². The van der Waals surface area contributed by atoms with Gasteiger partial charge in [-0.3, -0.25) is 0 Å². The van der Waals surface area contributed by atoms with Crippen LogP contribution in [0.4, 0.5) is 4.39 Å². The van der Waals surface area contributed by atoms with Crippen molar-refractivity contribution in [2.45, 2.75) is 25.6 Å². The first-order valence-corrected chi connectivity index (χ1v) is 9.33. The first-order chi connectivity index (χ1) is 14.5. The summed E-state index contributed by atoms with van der Waals surface area (Å²) in [5, 5.41) is 0. The van der Waals surface area contributed by atoms with Crippen LogP contribution in [0.15, 0.2) is 63.8 Å². The molecule has 1 aliphatic heterocycles. The molecular formula is C23H19FO6. The molecule has 1 aliphatic rings. The Morgan fingerprint density at radius 2 is 1.93 bits per heavy atom. The Morgan fingerprint density at radius 3 is 2.70 bits per heavy atom. The highest BCUT2D eigenvalue weighted by Gasteiger charge is 2.45. The summed E-state index contributed by atoms with van der Waals surface area (Å²) >= 11 is 0. The van der Waals surface area contributed by atoms with E-state index in [1.807, 2.05) is 0 Å². The van der Waals surface area contributed by atoms with Gasteiger partial charge in [-0.05, 0) is 30.7 Å². The number of methoxy groups -OCH3 is 1. The van der Waals surface area contributed by atoms with Crippen molar-refractivity contribution in [2.75, 3.05) is 7.11 Å². The number of fused-ring (bicyclic) bond motifs is 1. The molecule has 7 heteroatoms. The largest absolute Gasteiger partial charge is 0.489 e. The summed E-state index contributed by atoms with van der Waals surface area (Å²) in [5.41, 5.74) is 0.867. The van der Waals surface area contributed by atoms with E-state index < -0.39 is 23.6 Å². The van der Waals surface area contributed by atoms with Gasteiger partial charge in [-0.1, -0.05) is 30.3 Å². The average molecular weight is 410 g/mol. The topological polar surface area (TPSA) is 75.0 Å². The molecule has 2 heterocycles. The van der Waals surface area contributed by atoms with Crippen molar-refractivity contribution in [3.05, 3.63) is 93.3 Å². The summed E-state index contributed by atoms with van der Waals surface area (Å²) < 4.78 is 35.3. The van der Waals surface area contributed by atoms with E-state index in [4.69, 9.17) is 18.6 Å². The van der Waals surface area contributed by atoms with E-state index in [0.717, 1.165) is 0 Å². The number of esters is 1. The number of benzene rings is 2. The molecule has 30 heavy (non-hydrogen) atoms. The molecule has 0 radical (unpaired) electrons. The van der Waals surface area contributed by atoms with Gasteiger partial charge in [0.15, 0.2) is 0 Å². The van der Waals surface area contributed by atoms with E-state index in [9.17, 15) is 14.0 Å². The summed E-state index contributed by atoms with van der Waals surface area (Å²) in [6.07, 6.45) is -1.06. The van der Waals surface area contributed by atoms with Crippen LogP contribution in [-0.2, 0) is 16.1 Å². The molecule has 2 aromatic carbocycles. The summed E-state index contributed by atoms with van der Waals surface area (Å²) in [4.78, 5) is 25.0. The molecule has 154 valence electrons. The normalized spacial score (nSPS) is 17.2. The zero-order valence-electron chi connectivity index (χ0n) is 16.4. The molecule has 3 aromatic rings. The molecule has 0 saturated carbocycles. The number of hydrogen-bond donors (Lipinski definition) is 0. The highest BCUT2D eigenvalue weighted by Crippen LogP contribution is 2.44. The predicted octanol–water partition coefficient (Wildman–Crippen LogP) is 3.73. The van der Waals surface area contributed by atoms with E-state index in [1.165, 1.54) is 19.2 Å². The predicted molar refractivity (Wildman–Crippen MR) is 105 cm³/mol. The number of rotatable bonds is 5. The van der Waals surface area contributed by atoms with Gasteiger partial charge in [0.2, 0.25) is 6.10 Å². The number of ether oxygens (including phenoxy) is 3. The molecule has 0 bridgehead atoms. The Labute approximate surface area is 171 Å². The van der Waals surface area contributed by atoms with Crippen molar-refractivity contribution < 1.29 is 27.8 Å². The summed E-state index contributed by atoms with van der Waals surface area (Å²) in [7, 11) is 1.26. The van der Waals surface area contributed by atoms with Gasteiger partial charge < -0.3 is 18.6 Å². The molecule has 0 amide bonds. The molecular weight excluding hydrogens is 391 g/mol. The Hall–Kier alpha value is -3.61. The third kappa shape index (κ3) is 3.66. The zero-order valence-corrected chi connectivity index (χ0v) is 16.4. The van der Waals surface area contributed by atoms with Crippen molar-refractivity contribution in [2.24, 2.45) is 0 Å². The number of carbonyl (C=O) groups excluding carboxylic acids is 1. The molecule has 2 unspecified atom stereocenters. The van der Waals surface area contributed by atoms with Gasteiger partial charge in [0.05, 0.1) is 18.6 Å². The lowest BCUT2D eigenvalue weighted by Crippen LogP contribution is -2.32. The lowest BCUT2D eigenvalue weighted by molar-refractivity contribution is -0.148. The fourth-order valence-electron chi connectivity index (χ4n) is 3.60. The van der Waals surface area contributed by atoms with Crippen molar-refractivity contribution >= 4 is 5.97 Å². The Morgan fingerprint density at radius 1 is 1.13 bits per heavy atom. The van der Waals surface area contributed by atoms with Crippen LogP contribution in [0, 0.1) is 12.7 Å². The first-order valence-electron chi connectivity index (χ1n) is 9.33. The van der Waals surface area contributed by atoms with E-state index in [1.54, 1.807) is 49.4 Å². The quantitative estimate of drug-likeness (QED) is 0.597. The standard InChI is InChI=1S/C23H19FO6/c1-13-10-18-20(22(25)29-13)19(21(30-18)23(26)27-2)16-8-3-4-9-17(16)28-12-14-6-5-7-15(24)11-14/h3-11,19,21H,12H2,1-2H3. The van der Waals surface area contributed by atoms with Crippen molar-refractivity contribution in [3.8, 4) is 11.5 Å². The minimum Gasteiger partial charge on any atom is -0.489 e. The van der Waals surface area contributed by atoms with E-state index in [-0.39, 0.29) is 23.7 Å². The number of para-hydroxylation sites is 1. The number of carbonyl (C=O) groups is 1. The minimum atomic E-state index is -1.06. The minimum absolute atomic E-state index is 0.112. The van der Waals surface area contributed by atoms with Crippen molar-refractivity contribution in [1.82, 2.24) is 0 Å². The fourth-order valence-corrected chi connectivity index (χ4v) is 3.60. The van der Waals surface area contributed by atoms with Crippen LogP contribution in [0.5, 0.6) is 11.5 Å². The lowest BCUT2D eigenvalue weighted by atomic mass is 9.88. The van der Waals surface area contributed by atoms with E-state index >= 15 is 0 Å². The smallest absolute Gasteiger partial charge is 0.348 e. The van der Waals surface area contributed by atoms with Gasteiger partial charge in [-0.25, -0.2) is 14.0 Å². The molecule has 2 atom stereocenters. The molecule has 0 aliphatic carbocycles. The second-order valence-electron chi connectivity index (χ2n) is 6.92. The molecule has 0 saturated heterocycles. The van der Waals surface area contributed by atoms with E-state index in [0.29, 0.717) is 22.6 Å². The SMILES string of the molecule is COC(=O)C1Oc2cc(C)oc(=O)c2C1c1ccccc1OCc1cccc(F)c1. The van der Waals surface area contributed by atoms with Gasteiger partial charge in [0.1, 0.15) is 29.7 Å². The van der Waals surface area contributed by atoms with Gasteiger partial charge in [0, 0.05) is 11.6 Å². The Balaban J connectivity index is 1.75. The third-order valence-corrected chi connectivity index (χ3v) is 4.91. The van der Waals surface area contributed by atoms with Gasteiger partial charge >= 0.3 is 11.6 Å². The van der Waals surface area contributed by atoms with Crippen LogP contribution in [-0.4, -0.2) is 19.2 Å². The summed E-state index contributed by atoms with van der Waals surface area (Å²) in [6, 6.07) is 14.7. The summed E-state index contributed by atoms with van der Waals surface area (Å²) in [6.45, 7) is 1.74. The van der Waals surface area contributed by atoms with Gasteiger partial charge in [-0.2, -0.15) is 0 Å². The van der Waals surface area contributed by atoms with Crippen molar-refractivity contribution in [3.63, 3.8) is 0 Å². The molecule has 1 aromatic heterocycles. The molecule has 0 fully saturated rings.